The fourth-order valence-electron chi connectivity index (χ4n) is 2.92. The van der Waals surface area contributed by atoms with Gasteiger partial charge in [-0.1, -0.05) is 37.0 Å². The molecule has 2 rings (SSSR count). The van der Waals surface area contributed by atoms with Gasteiger partial charge in [0.05, 0.1) is 10.0 Å². The van der Waals surface area contributed by atoms with E-state index in [4.69, 9.17) is 23.2 Å². The molecule has 0 atom stereocenters. The third-order valence-electron chi connectivity index (χ3n) is 4.62. The Bertz CT molecular complexity index is 612. The van der Waals surface area contributed by atoms with Crippen molar-refractivity contribution in [3.8, 4) is 0 Å². The van der Waals surface area contributed by atoms with Gasteiger partial charge in [0.15, 0.2) is 0 Å². The summed E-state index contributed by atoms with van der Waals surface area (Å²) in [5.41, 5.74) is 0.524. The normalized spacial score (nSPS) is 14.9. The minimum absolute atomic E-state index is 0.0752. The van der Waals surface area contributed by atoms with Crippen molar-refractivity contribution in [2.24, 2.45) is 0 Å². The van der Waals surface area contributed by atoms with E-state index >= 15 is 0 Å². The van der Waals surface area contributed by atoms with Crippen LogP contribution < -0.4 is 0 Å². The summed E-state index contributed by atoms with van der Waals surface area (Å²) in [6.45, 7) is 9.11. The van der Waals surface area contributed by atoms with Crippen LogP contribution in [0.4, 0.5) is 0 Å². The van der Waals surface area contributed by atoms with E-state index in [1.165, 1.54) is 0 Å². The second kappa shape index (κ2) is 9.41. The number of carbonyl (C=O) groups is 2. The van der Waals surface area contributed by atoms with Crippen LogP contribution in [0.1, 0.15) is 30.6 Å². The van der Waals surface area contributed by atoms with Crippen molar-refractivity contribution in [3.05, 3.63) is 33.8 Å². The highest BCUT2D eigenvalue weighted by molar-refractivity contribution is 6.42. The summed E-state index contributed by atoms with van der Waals surface area (Å²) in [5, 5.41) is 0.805. The molecule has 0 N–H and O–H groups in total. The molecule has 5 nitrogen and oxygen atoms in total. The lowest BCUT2D eigenvalue weighted by atomic mass is 10.1. The van der Waals surface area contributed by atoms with Gasteiger partial charge >= 0.3 is 0 Å². The Morgan fingerprint density at radius 3 is 2.16 bits per heavy atom. The maximum atomic E-state index is 12.5. The minimum Gasteiger partial charge on any atom is -0.339 e. The first-order valence-electron chi connectivity index (χ1n) is 8.70. The monoisotopic (exact) mass is 385 g/mol. The van der Waals surface area contributed by atoms with E-state index in [2.05, 4.69) is 18.7 Å². The lowest BCUT2D eigenvalue weighted by molar-refractivity contribution is -0.133. The van der Waals surface area contributed by atoms with E-state index in [1.54, 1.807) is 23.1 Å². The lowest BCUT2D eigenvalue weighted by Crippen LogP contribution is -2.51. The van der Waals surface area contributed by atoms with E-state index in [9.17, 15) is 9.59 Å². The number of piperazine rings is 1. The molecule has 0 aromatic heterocycles. The van der Waals surface area contributed by atoms with Gasteiger partial charge in [-0.2, -0.15) is 0 Å². The summed E-state index contributed by atoms with van der Waals surface area (Å²) in [4.78, 5) is 30.7. The Morgan fingerprint density at radius 1 is 1.00 bits per heavy atom. The third-order valence-corrected chi connectivity index (χ3v) is 5.36. The molecule has 0 bridgehead atoms. The van der Waals surface area contributed by atoms with Crippen molar-refractivity contribution < 1.29 is 9.59 Å². The van der Waals surface area contributed by atoms with E-state index in [1.807, 2.05) is 4.90 Å². The van der Waals surface area contributed by atoms with Gasteiger partial charge < -0.3 is 14.7 Å². The zero-order valence-electron chi connectivity index (χ0n) is 14.8. The molecule has 1 fully saturated rings. The largest absolute Gasteiger partial charge is 0.339 e. The number of nitrogens with zero attached hydrogens (tertiary/aromatic N) is 3. The number of carbonyl (C=O) groups excluding carboxylic acids is 2. The zero-order chi connectivity index (χ0) is 18.4. The summed E-state index contributed by atoms with van der Waals surface area (Å²) in [7, 11) is 0. The Hall–Kier alpha value is -1.30. The number of amides is 2. The van der Waals surface area contributed by atoms with Crippen molar-refractivity contribution >= 4 is 35.0 Å². The standard InChI is InChI=1S/C18H25Cl2N3O2/c1-3-21(4-2)8-7-17(24)22-9-11-23(12-10-22)18(25)14-5-6-15(19)16(20)13-14/h5-6,13H,3-4,7-12H2,1-2H3. The number of benzene rings is 1. The highest BCUT2D eigenvalue weighted by atomic mass is 35.5. The SMILES string of the molecule is CCN(CC)CCC(=O)N1CCN(C(=O)c2ccc(Cl)c(Cl)c2)CC1. The molecule has 1 heterocycles. The second-order valence-corrected chi connectivity index (χ2v) is 6.89. The molecule has 0 spiro atoms. The van der Waals surface area contributed by atoms with E-state index < -0.39 is 0 Å². The Labute approximate surface area is 159 Å². The Kier molecular flexibility index (Phi) is 7.54. The first-order valence-corrected chi connectivity index (χ1v) is 9.46. The van der Waals surface area contributed by atoms with Gasteiger partial charge in [0.1, 0.15) is 0 Å². The fraction of sp³-hybridized carbons (Fsp3) is 0.556. The quantitative estimate of drug-likeness (QED) is 0.755. The minimum atomic E-state index is -0.0752. The van der Waals surface area contributed by atoms with Crippen LogP contribution in [0, 0.1) is 0 Å². The average Bonchev–Trinajstić information content (AvgIpc) is 2.64. The molecular formula is C18H25Cl2N3O2. The predicted molar refractivity (Wildman–Crippen MR) is 101 cm³/mol. The van der Waals surface area contributed by atoms with Crippen LogP contribution in [0.3, 0.4) is 0 Å². The van der Waals surface area contributed by atoms with Crippen molar-refractivity contribution in [1.82, 2.24) is 14.7 Å². The molecule has 138 valence electrons. The van der Waals surface area contributed by atoms with E-state index in [0.29, 0.717) is 48.2 Å². The topological polar surface area (TPSA) is 43.9 Å². The van der Waals surface area contributed by atoms with E-state index in [-0.39, 0.29) is 11.8 Å². The molecule has 1 aromatic carbocycles. The summed E-state index contributed by atoms with van der Waals surface area (Å²) < 4.78 is 0. The summed E-state index contributed by atoms with van der Waals surface area (Å²) in [6, 6.07) is 4.90. The van der Waals surface area contributed by atoms with Gasteiger partial charge in [0.2, 0.25) is 5.91 Å². The Balaban J connectivity index is 1.85. The summed E-state index contributed by atoms with van der Waals surface area (Å²) in [5.74, 6) is 0.0855. The molecule has 0 saturated carbocycles. The maximum absolute atomic E-state index is 12.5. The average molecular weight is 386 g/mol. The van der Waals surface area contributed by atoms with Gasteiger partial charge in [-0.15, -0.1) is 0 Å². The lowest BCUT2D eigenvalue weighted by Gasteiger charge is -2.35. The Morgan fingerprint density at radius 2 is 1.60 bits per heavy atom. The summed E-state index contributed by atoms with van der Waals surface area (Å²) >= 11 is 11.9. The van der Waals surface area contributed by atoms with Crippen LogP contribution in [0.2, 0.25) is 10.0 Å². The molecule has 1 aliphatic rings. The van der Waals surface area contributed by atoms with Gasteiger partial charge in [-0.05, 0) is 31.3 Å². The van der Waals surface area contributed by atoms with Crippen LogP contribution in [0.25, 0.3) is 0 Å². The van der Waals surface area contributed by atoms with Gasteiger partial charge in [0.25, 0.3) is 5.91 Å². The van der Waals surface area contributed by atoms with Gasteiger partial charge in [-0.3, -0.25) is 9.59 Å². The zero-order valence-corrected chi connectivity index (χ0v) is 16.3. The van der Waals surface area contributed by atoms with Gasteiger partial charge in [0, 0.05) is 44.7 Å². The molecule has 7 heteroatoms. The van der Waals surface area contributed by atoms with Gasteiger partial charge in [-0.25, -0.2) is 0 Å². The van der Waals surface area contributed by atoms with Crippen LogP contribution in [0.15, 0.2) is 18.2 Å². The smallest absolute Gasteiger partial charge is 0.254 e. The third kappa shape index (κ3) is 5.33. The molecule has 1 aliphatic heterocycles. The number of hydrogen-bond acceptors (Lipinski definition) is 3. The number of hydrogen-bond donors (Lipinski definition) is 0. The van der Waals surface area contributed by atoms with E-state index in [0.717, 1.165) is 19.6 Å². The van der Waals surface area contributed by atoms with Crippen LogP contribution >= 0.6 is 23.2 Å². The summed E-state index contributed by atoms with van der Waals surface area (Å²) in [6.07, 6.45) is 0.530. The number of rotatable bonds is 6. The highest BCUT2D eigenvalue weighted by Gasteiger charge is 2.25. The first kappa shape index (κ1) is 20.0. The van der Waals surface area contributed by atoms with Crippen LogP contribution in [-0.4, -0.2) is 72.3 Å². The predicted octanol–water partition coefficient (Wildman–Crippen LogP) is 3.01. The first-order chi connectivity index (χ1) is 12.0. The molecule has 0 unspecified atom stereocenters. The molecule has 25 heavy (non-hydrogen) atoms. The molecule has 1 aromatic rings. The molecule has 0 aliphatic carbocycles. The molecule has 2 amide bonds. The maximum Gasteiger partial charge on any atom is 0.254 e. The fourth-order valence-corrected chi connectivity index (χ4v) is 3.22. The highest BCUT2D eigenvalue weighted by Crippen LogP contribution is 2.23. The van der Waals surface area contributed by atoms with Crippen molar-refractivity contribution in [1.29, 1.82) is 0 Å². The number of halogens is 2. The molecular weight excluding hydrogens is 361 g/mol. The molecule has 1 saturated heterocycles. The van der Waals surface area contributed by atoms with Crippen molar-refractivity contribution in [2.45, 2.75) is 20.3 Å². The second-order valence-electron chi connectivity index (χ2n) is 6.08. The van der Waals surface area contributed by atoms with Crippen molar-refractivity contribution in [3.63, 3.8) is 0 Å². The molecule has 0 radical (unpaired) electrons. The van der Waals surface area contributed by atoms with Crippen LogP contribution in [-0.2, 0) is 4.79 Å². The van der Waals surface area contributed by atoms with Crippen LogP contribution in [0.5, 0.6) is 0 Å². The van der Waals surface area contributed by atoms with Crippen molar-refractivity contribution in [2.75, 3.05) is 45.8 Å².